The number of likely N-dealkylation sites (tertiary alicyclic amines) is 1. The summed E-state index contributed by atoms with van der Waals surface area (Å²) in [6.07, 6.45) is 11.2. The van der Waals surface area contributed by atoms with Gasteiger partial charge in [0.05, 0.1) is 17.4 Å². The van der Waals surface area contributed by atoms with Crippen LogP contribution in [0.2, 0.25) is 0 Å². The van der Waals surface area contributed by atoms with Crippen molar-refractivity contribution in [2.75, 3.05) is 32.4 Å². The second-order valence-electron chi connectivity index (χ2n) is 11.1. The zero-order valence-corrected chi connectivity index (χ0v) is 24.6. The molecule has 2 aromatic rings. The Bertz CT molecular complexity index is 1250. The summed E-state index contributed by atoms with van der Waals surface area (Å²) in [4.78, 5) is 30.7. The number of sulfone groups is 1. The van der Waals surface area contributed by atoms with E-state index >= 15 is 0 Å². The number of allylic oxidation sites excluding steroid dienone is 2. The lowest BCUT2D eigenvalue weighted by Gasteiger charge is -2.38. The molecule has 2 amide bonds. The number of hydrogen-bond acceptors (Lipinski definition) is 5. The summed E-state index contributed by atoms with van der Waals surface area (Å²) < 4.78 is 23.4. The molecule has 7 nitrogen and oxygen atoms in total. The summed E-state index contributed by atoms with van der Waals surface area (Å²) in [6.45, 7) is 5.40. The molecule has 1 fully saturated rings. The summed E-state index contributed by atoms with van der Waals surface area (Å²) in [7, 11) is -3.25. The molecule has 0 spiro atoms. The van der Waals surface area contributed by atoms with E-state index in [1.807, 2.05) is 30.0 Å². The first kappa shape index (κ1) is 30.0. The van der Waals surface area contributed by atoms with Gasteiger partial charge in [-0.3, -0.25) is 9.59 Å². The van der Waals surface area contributed by atoms with Crippen LogP contribution in [0.5, 0.6) is 0 Å². The third-order valence-electron chi connectivity index (χ3n) is 8.20. The monoisotopic (exact) mass is 565 g/mol. The minimum atomic E-state index is -3.25. The second kappa shape index (κ2) is 14.1. The van der Waals surface area contributed by atoms with Gasteiger partial charge in [0.25, 0.3) is 0 Å². The van der Waals surface area contributed by atoms with Gasteiger partial charge in [0, 0.05) is 44.9 Å². The first-order valence-electron chi connectivity index (χ1n) is 14.5. The van der Waals surface area contributed by atoms with Gasteiger partial charge in [-0.15, -0.1) is 0 Å². The zero-order chi connectivity index (χ0) is 28.5. The molecule has 1 saturated heterocycles. The fraction of sp³-hybridized carbons (Fsp3) is 0.500. The lowest BCUT2D eigenvalue weighted by molar-refractivity contribution is -0.133. The number of benzene rings is 2. The number of hydrogen-bond donors (Lipinski definition) is 1. The molecule has 2 aromatic carbocycles. The number of amides is 2. The Labute approximate surface area is 239 Å². The van der Waals surface area contributed by atoms with Crippen molar-refractivity contribution in [3.05, 3.63) is 77.9 Å². The lowest BCUT2D eigenvalue weighted by Crippen LogP contribution is -2.48. The number of carbonyl (C=O) groups is 2. The van der Waals surface area contributed by atoms with Crippen LogP contribution < -0.4 is 5.32 Å². The van der Waals surface area contributed by atoms with Crippen molar-refractivity contribution < 1.29 is 18.0 Å². The van der Waals surface area contributed by atoms with E-state index in [4.69, 9.17) is 0 Å². The Morgan fingerprint density at radius 1 is 1.02 bits per heavy atom. The highest BCUT2D eigenvalue weighted by Crippen LogP contribution is 2.24. The maximum absolute atomic E-state index is 13.2. The largest absolute Gasteiger partial charge is 0.349 e. The topological polar surface area (TPSA) is 86.8 Å². The number of carbonyl (C=O) groups excluding carboxylic acids is 2. The SMILES string of the molecule is CCN(C(=O)Cc1ccc(S(C)(=O)=O)cc1)C1CCN(CCC(NC(=O)CC2C=CCC2)c2ccccc2)CC1. The Balaban J connectivity index is 1.27. The quantitative estimate of drug-likeness (QED) is 0.382. The number of nitrogens with zero attached hydrogens (tertiary/aromatic N) is 2. The van der Waals surface area contributed by atoms with Gasteiger partial charge in [-0.1, -0.05) is 54.6 Å². The molecule has 8 heteroatoms. The van der Waals surface area contributed by atoms with Crippen molar-refractivity contribution in [2.45, 2.75) is 68.8 Å². The molecule has 216 valence electrons. The Morgan fingerprint density at radius 2 is 1.73 bits per heavy atom. The van der Waals surface area contributed by atoms with Crippen LogP contribution in [-0.2, 0) is 25.8 Å². The maximum atomic E-state index is 13.2. The molecule has 1 N–H and O–H groups in total. The molecule has 2 aliphatic rings. The summed E-state index contributed by atoms with van der Waals surface area (Å²) in [5, 5.41) is 3.30. The van der Waals surface area contributed by atoms with Crippen molar-refractivity contribution in [1.82, 2.24) is 15.1 Å². The van der Waals surface area contributed by atoms with Crippen molar-refractivity contribution in [2.24, 2.45) is 5.92 Å². The van der Waals surface area contributed by atoms with E-state index in [2.05, 4.69) is 34.5 Å². The van der Waals surface area contributed by atoms with Gasteiger partial charge in [0.2, 0.25) is 11.8 Å². The van der Waals surface area contributed by atoms with Gasteiger partial charge in [0.1, 0.15) is 0 Å². The molecule has 0 bridgehead atoms. The van der Waals surface area contributed by atoms with E-state index in [0.717, 1.165) is 62.9 Å². The number of nitrogens with one attached hydrogen (secondary N) is 1. The van der Waals surface area contributed by atoms with Crippen LogP contribution >= 0.6 is 0 Å². The van der Waals surface area contributed by atoms with E-state index < -0.39 is 9.84 Å². The smallest absolute Gasteiger partial charge is 0.227 e. The van der Waals surface area contributed by atoms with Crippen molar-refractivity contribution in [3.63, 3.8) is 0 Å². The summed E-state index contributed by atoms with van der Waals surface area (Å²) >= 11 is 0. The van der Waals surface area contributed by atoms with Crippen LogP contribution in [0.4, 0.5) is 0 Å². The van der Waals surface area contributed by atoms with Crippen LogP contribution in [0, 0.1) is 5.92 Å². The van der Waals surface area contributed by atoms with E-state index in [0.29, 0.717) is 18.9 Å². The Kier molecular flexibility index (Phi) is 10.6. The highest BCUT2D eigenvalue weighted by Gasteiger charge is 2.28. The fourth-order valence-corrected chi connectivity index (χ4v) is 6.53. The van der Waals surface area contributed by atoms with E-state index in [1.165, 1.54) is 6.26 Å². The summed E-state index contributed by atoms with van der Waals surface area (Å²) in [5.41, 5.74) is 1.96. The Morgan fingerprint density at radius 3 is 2.33 bits per heavy atom. The average molecular weight is 566 g/mol. The minimum Gasteiger partial charge on any atom is -0.349 e. The van der Waals surface area contributed by atoms with Gasteiger partial charge in [-0.25, -0.2) is 8.42 Å². The molecular weight excluding hydrogens is 522 g/mol. The number of rotatable bonds is 12. The number of piperidine rings is 1. The lowest BCUT2D eigenvalue weighted by atomic mass is 9.99. The predicted molar refractivity (Wildman–Crippen MR) is 159 cm³/mol. The van der Waals surface area contributed by atoms with E-state index in [1.54, 1.807) is 24.3 Å². The molecule has 0 aromatic heterocycles. The molecule has 1 aliphatic carbocycles. The zero-order valence-electron chi connectivity index (χ0n) is 23.8. The van der Waals surface area contributed by atoms with Crippen molar-refractivity contribution in [3.8, 4) is 0 Å². The first-order valence-corrected chi connectivity index (χ1v) is 16.4. The molecule has 2 unspecified atom stereocenters. The van der Waals surface area contributed by atoms with Crippen LogP contribution in [0.3, 0.4) is 0 Å². The van der Waals surface area contributed by atoms with Crippen LogP contribution in [0.25, 0.3) is 0 Å². The standard InChI is InChI=1S/C32H43N3O4S/c1-3-35(32(37)24-26-13-15-29(16-14-26)40(2,38)39)28-17-20-34(21-18-28)22-19-30(27-11-5-4-6-12-27)33-31(36)23-25-9-7-8-10-25/h4-7,9,11-16,25,28,30H,3,8,10,17-24H2,1-2H3,(H,33,36). The normalized spacial score (nSPS) is 18.9. The average Bonchev–Trinajstić information content (AvgIpc) is 3.45. The molecule has 2 atom stereocenters. The molecule has 1 heterocycles. The van der Waals surface area contributed by atoms with Crippen LogP contribution in [0.15, 0.2) is 71.6 Å². The van der Waals surface area contributed by atoms with Gasteiger partial charge >= 0.3 is 0 Å². The summed E-state index contributed by atoms with van der Waals surface area (Å²) in [6, 6.07) is 17.0. The molecule has 0 saturated carbocycles. The minimum absolute atomic E-state index is 0.0143. The molecule has 4 rings (SSSR count). The highest BCUT2D eigenvalue weighted by molar-refractivity contribution is 7.90. The first-order chi connectivity index (χ1) is 19.2. The second-order valence-corrected chi connectivity index (χ2v) is 13.2. The van der Waals surface area contributed by atoms with Gasteiger partial charge < -0.3 is 15.1 Å². The van der Waals surface area contributed by atoms with Crippen molar-refractivity contribution >= 4 is 21.7 Å². The summed E-state index contributed by atoms with van der Waals surface area (Å²) in [5.74, 6) is 0.552. The van der Waals surface area contributed by atoms with Gasteiger partial charge in [-0.05, 0) is 68.2 Å². The highest BCUT2D eigenvalue weighted by atomic mass is 32.2. The van der Waals surface area contributed by atoms with E-state index in [9.17, 15) is 18.0 Å². The number of likely N-dealkylation sites (N-methyl/N-ethyl adjacent to an activating group) is 1. The molecule has 0 radical (unpaired) electrons. The fourth-order valence-electron chi connectivity index (χ4n) is 5.90. The molecular formula is C32H43N3O4S. The van der Waals surface area contributed by atoms with E-state index in [-0.39, 0.29) is 35.2 Å². The maximum Gasteiger partial charge on any atom is 0.227 e. The third kappa shape index (κ3) is 8.51. The van der Waals surface area contributed by atoms with Crippen molar-refractivity contribution in [1.29, 1.82) is 0 Å². The van der Waals surface area contributed by atoms with Crippen LogP contribution in [-0.4, -0.2) is 68.5 Å². The molecule has 40 heavy (non-hydrogen) atoms. The van der Waals surface area contributed by atoms with Gasteiger partial charge in [-0.2, -0.15) is 0 Å². The molecule has 1 aliphatic heterocycles. The third-order valence-corrected chi connectivity index (χ3v) is 9.33. The van der Waals surface area contributed by atoms with Crippen LogP contribution in [0.1, 0.15) is 62.6 Å². The predicted octanol–water partition coefficient (Wildman–Crippen LogP) is 4.55. The Hall–Kier alpha value is -2.97. The van der Waals surface area contributed by atoms with Gasteiger partial charge in [0.15, 0.2) is 9.84 Å².